The summed E-state index contributed by atoms with van der Waals surface area (Å²) in [5, 5.41) is 66.2. The summed E-state index contributed by atoms with van der Waals surface area (Å²) in [7, 11) is -9.98. The number of aliphatic carboxylic acids is 1. The second-order valence-electron chi connectivity index (χ2n) is 10.7. The van der Waals surface area contributed by atoms with Crippen LogP contribution in [-0.2, 0) is 53.3 Å². The number of carbonyl (C=O) groups is 1. The molecule has 0 aliphatic carbocycles. The molecule has 4 aromatic carbocycles. The van der Waals surface area contributed by atoms with E-state index in [1.54, 1.807) is 0 Å². The molecule has 0 aliphatic rings. The molecule has 0 unspecified atom stereocenters. The van der Waals surface area contributed by atoms with Crippen molar-refractivity contribution in [2.75, 3.05) is 16.8 Å². The SMILES string of the molecule is Nc1c(N=Nc2ccc(Nc3nc(Cl)nc(SCC(=O)O)n3)cc2SOOO)c(S(=O)(=O)O)cc2cc(SOOO)c(N=Nc3ccc(SC#COOS(=O)(=O)O)cc3)c(O)c12. The van der Waals surface area contributed by atoms with E-state index in [0.29, 0.717) is 29.0 Å². The molecule has 33 heteroatoms. The molecule has 326 valence electrons. The van der Waals surface area contributed by atoms with Crippen LogP contribution < -0.4 is 11.1 Å². The van der Waals surface area contributed by atoms with Crippen molar-refractivity contribution >= 4 is 137 Å². The Hall–Kier alpha value is -5.19. The maximum Gasteiger partial charge on any atom is 0.433 e. The molecule has 1 heterocycles. The summed E-state index contributed by atoms with van der Waals surface area (Å²) in [6, 6.07) is 12.1. The van der Waals surface area contributed by atoms with Gasteiger partial charge < -0.3 is 21.3 Å². The van der Waals surface area contributed by atoms with Crippen LogP contribution in [0.15, 0.2) is 99.8 Å². The van der Waals surface area contributed by atoms with Crippen LogP contribution in [0.5, 0.6) is 5.75 Å². The molecule has 0 aliphatic heterocycles. The lowest BCUT2D eigenvalue weighted by molar-refractivity contribution is -0.432. The number of nitrogen functional groups attached to an aromatic ring is 1. The van der Waals surface area contributed by atoms with Crippen LogP contribution in [0, 0.1) is 11.4 Å². The molecule has 1 aromatic heterocycles. The van der Waals surface area contributed by atoms with E-state index in [4.69, 9.17) is 37.5 Å². The number of carboxylic acids is 1. The topological polar surface area (TPSA) is 388 Å². The van der Waals surface area contributed by atoms with Gasteiger partial charge >= 0.3 is 16.4 Å². The zero-order valence-electron chi connectivity index (χ0n) is 29.6. The number of nitrogens with zero attached hydrogens (tertiary/aromatic N) is 7. The molecule has 5 rings (SSSR count). The predicted octanol–water partition coefficient (Wildman–Crippen LogP) is 7.58. The number of aromatic hydroxyl groups is 1. The Labute approximate surface area is 368 Å². The number of halogens is 1. The molecule has 5 aromatic rings. The molecule has 0 saturated carbocycles. The average molecular weight is 994 g/mol. The Balaban J connectivity index is 1.51. The smallest absolute Gasteiger partial charge is 0.433 e. The van der Waals surface area contributed by atoms with Gasteiger partial charge in [-0.05, 0) is 87.7 Å². The summed E-state index contributed by atoms with van der Waals surface area (Å²) >= 11 is 8.33. The highest BCUT2D eigenvalue weighted by molar-refractivity contribution is 8.04. The minimum atomic E-state index is -5.13. The molecule has 0 saturated heterocycles. The Kier molecular flexibility index (Phi) is 16.8. The van der Waals surface area contributed by atoms with Crippen molar-refractivity contribution in [3.63, 3.8) is 0 Å². The average Bonchev–Trinajstić information content (AvgIpc) is 3.20. The summed E-state index contributed by atoms with van der Waals surface area (Å²) in [4.78, 5) is 26.4. The van der Waals surface area contributed by atoms with Gasteiger partial charge in [-0.3, -0.25) is 18.8 Å². The van der Waals surface area contributed by atoms with Crippen LogP contribution in [0.3, 0.4) is 0 Å². The van der Waals surface area contributed by atoms with Crippen molar-refractivity contribution in [2.24, 2.45) is 20.5 Å². The fourth-order valence-electron chi connectivity index (χ4n) is 4.47. The van der Waals surface area contributed by atoms with Gasteiger partial charge in [-0.25, -0.2) is 10.5 Å². The highest BCUT2D eigenvalue weighted by atomic mass is 35.5. The predicted molar refractivity (Wildman–Crippen MR) is 216 cm³/mol. The number of anilines is 3. The van der Waals surface area contributed by atoms with Gasteiger partial charge in [0.15, 0.2) is 17.0 Å². The standard InChI is InChI=1S/C29H20ClN9O17S6/c30-27-33-28(35-29(34-27)58-12-21(40)41)32-15-3-6-17(18(11-15)59-54-52-43)37-39-25-20(61(45,46)47)10-13-9-19(60-55-53-44)24(26(42)22(13)23(25)31)38-36-14-1-4-16(5-2-14)57-8-7-51-56-62(48,49)50/h1-6,9-11,42-44H,12,31H2,(H,40,41)(H,45,46,47)(H,48,49,50)(H,32,33,34,35). The fraction of sp³-hybridized carbons (Fsp3) is 0.0345. The third-order valence-corrected chi connectivity index (χ3v) is 10.8. The molecule has 9 N–H and O–H groups in total. The van der Waals surface area contributed by atoms with Gasteiger partial charge in [-0.15, -0.1) is 24.0 Å². The van der Waals surface area contributed by atoms with Gasteiger partial charge in [0.05, 0.1) is 56.4 Å². The lowest BCUT2D eigenvalue weighted by Gasteiger charge is -2.14. The molecule has 0 bridgehead atoms. The number of carboxylic acid groups (broad SMARTS) is 1. The van der Waals surface area contributed by atoms with E-state index in [0.717, 1.165) is 29.6 Å². The van der Waals surface area contributed by atoms with Crippen LogP contribution >= 0.6 is 59.2 Å². The van der Waals surface area contributed by atoms with Crippen molar-refractivity contribution in [1.82, 2.24) is 15.0 Å². The van der Waals surface area contributed by atoms with Crippen molar-refractivity contribution in [3.05, 3.63) is 59.9 Å². The Morgan fingerprint density at radius 3 is 2.24 bits per heavy atom. The molecule has 0 radical (unpaired) electrons. The first-order valence-corrected chi connectivity index (χ1v) is 21.9. The number of aromatic nitrogens is 3. The summed E-state index contributed by atoms with van der Waals surface area (Å²) < 4.78 is 77.7. The number of phenolic OH excluding ortho intramolecular Hbond substituents is 1. The first kappa shape index (κ1) is 47.9. The Morgan fingerprint density at radius 2 is 1.58 bits per heavy atom. The van der Waals surface area contributed by atoms with Crippen LogP contribution in [0.25, 0.3) is 10.8 Å². The van der Waals surface area contributed by atoms with Crippen LogP contribution in [0.1, 0.15) is 0 Å². The first-order chi connectivity index (χ1) is 29.4. The monoisotopic (exact) mass is 993 g/mol. The van der Waals surface area contributed by atoms with Crippen molar-refractivity contribution in [1.29, 1.82) is 0 Å². The van der Waals surface area contributed by atoms with E-state index in [9.17, 15) is 31.3 Å². The minimum Gasteiger partial charge on any atom is -0.505 e. The van der Waals surface area contributed by atoms with Gasteiger partial charge in [0, 0.05) is 15.8 Å². The quantitative estimate of drug-likeness (QED) is 0.00577. The maximum absolute atomic E-state index is 12.7. The summed E-state index contributed by atoms with van der Waals surface area (Å²) in [6.07, 6.45) is 1.89. The van der Waals surface area contributed by atoms with Gasteiger partial charge in [0.2, 0.25) is 11.2 Å². The number of hydrogen-bond acceptors (Lipinski definition) is 27. The van der Waals surface area contributed by atoms with E-state index in [2.05, 4.69) is 73.9 Å². The molecular weight excluding hydrogens is 974 g/mol. The largest absolute Gasteiger partial charge is 0.505 e. The van der Waals surface area contributed by atoms with Crippen LogP contribution in [0.2, 0.25) is 5.28 Å². The van der Waals surface area contributed by atoms with E-state index in [1.807, 2.05) is 6.11 Å². The van der Waals surface area contributed by atoms with Gasteiger partial charge in [-0.2, -0.15) is 36.9 Å². The third kappa shape index (κ3) is 13.7. The molecule has 62 heavy (non-hydrogen) atoms. The number of thioether (sulfide) groups is 2. The number of rotatable bonds is 19. The van der Waals surface area contributed by atoms with Gasteiger partial charge in [0.25, 0.3) is 10.1 Å². The molecule has 0 spiro atoms. The second kappa shape index (κ2) is 21.7. The molecular formula is C29H20ClN9O17S6. The van der Waals surface area contributed by atoms with Crippen LogP contribution in [0.4, 0.5) is 40.1 Å². The first-order valence-electron chi connectivity index (χ1n) is 15.4. The lowest BCUT2D eigenvalue weighted by atomic mass is 10.1. The fourth-order valence-corrected chi connectivity index (χ4v) is 7.46. The number of fused-ring (bicyclic) bond motifs is 1. The summed E-state index contributed by atoms with van der Waals surface area (Å²) in [5.41, 5.74) is 5.22. The number of phenols is 1. The maximum atomic E-state index is 12.7. The Morgan fingerprint density at radius 1 is 0.887 bits per heavy atom. The number of nitrogens with two attached hydrogens (primary N) is 1. The summed E-state index contributed by atoms with van der Waals surface area (Å²) in [6.45, 7) is 0. The highest BCUT2D eigenvalue weighted by Gasteiger charge is 2.26. The third-order valence-electron chi connectivity index (χ3n) is 6.76. The number of azo groups is 2. The molecule has 0 amide bonds. The summed E-state index contributed by atoms with van der Waals surface area (Å²) in [5.74, 6) is -2.30. The lowest BCUT2D eigenvalue weighted by Crippen LogP contribution is -2.03. The van der Waals surface area contributed by atoms with E-state index in [-0.39, 0.29) is 65.5 Å². The highest BCUT2D eigenvalue weighted by Crippen LogP contribution is 2.50. The van der Waals surface area contributed by atoms with E-state index >= 15 is 0 Å². The molecule has 26 nitrogen and oxygen atoms in total. The van der Waals surface area contributed by atoms with E-state index in [1.165, 1.54) is 48.5 Å². The van der Waals surface area contributed by atoms with Crippen molar-refractivity contribution < 1.29 is 79.4 Å². The number of nitrogens with one attached hydrogen (secondary N) is 1. The Bertz CT molecular complexity index is 2840. The van der Waals surface area contributed by atoms with Gasteiger partial charge in [-0.1, -0.05) is 21.8 Å². The van der Waals surface area contributed by atoms with Crippen LogP contribution in [-0.4, -0.2) is 73.3 Å². The van der Waals surface area contributed by atoms with E-state index < -0.39 is 48.5 Å². The normalized spacial score (nSPS) is 11.9. The van der Waals surface area contributed by atoms with Crippen molar-refractivity contribution in [2.45, 2.75) is 24.7 Å². The second-order valence-corrected chi connectivity index (χ2v) is 16.7. The number of benzene rings is 4. The zero-order valence-corrected chi connectivity index (χ0v) is 35.3. The molecule has 0 atom stereocenters. The minimum absolute atomic E-state index is 0.00372. The zero-order chi connectivity index (χ0) is 45.0. The van der Waals surface area contributed by atoms with Crippen molar-refractivity contribution in [3.8, 4) is 17.1 Å². The molecule has 0 fully saturated rings. The van der Waals surface area contributed by atoms with Gasteiger partial charge in [0.1, 0.15) is 22.0 Å². The number of hydrogen-bond donors (Lipinski definition) is 8.